The molecule has 8 nitrogen and oxygen atoms in total. The van der Waals surface area contributed by atoms with Gasteiger partial charge in [0.1, 0.15) is 18.0 Å². The molecule has 1 aliphatic rings. The standard InChI is InChI=1S/C21H35N3O5/c1-16(23-20(26)29-21(2,3)4)18-10-5-6-12-24(18)19(25)22-11-8-13-27-15-17-9-7-14-28-17/h7,9,14,16,18H,5-6,8,10-13,15H2,1-4H3,(H,22,25)(H,23,26)/t16-,18-/m1/s1. The van der Waals surface area contributed by atoms with Crippen molar-refractivity contribution in [2.75, 3.05) is 19.7 Å². The molecule has 2 atom stereocenters. The van der Waals surface area contributed by atoms with E-state index in [0.717, 1.165) is 31.4 Å². The third kappa shape index (κ3) is 8.35. The van der Waals surface area contributed by atoms with Crippen molar-refractivity contribution in [1.82, 2.24) is 15.5 Å². The fourth-order valence-electron chi connectivity index (χ4n) is 3.36. The highest BCUT2D eigenvalue weighted by molar-refractivity contribution is 5.75. The Morgan fingerprint density at radius 1 is 1.34 bits per heavy atom. The van der Waals surface area contributed by atoms with E-state index in [2.05, 4.69) is 10.6 Å². The zero-order valence-corrected chi connectivity index (χ0v) is 18.0. The Bertz CT molecular complexity index is 627. The zero-order valence-electron chi connectivity index (χ0n) is 18.0. The molecule has 2 rings (SSSR count). The van der Waals surface area contributed by atoms with Gasteiger partial charge in [0, 0.05) is 25.7 Å². The number of carbonyl (C=O) groups is 2. The molecule has 3 amide bonds. The van der Waals surface area contributed by atoms with Crippen molar-refractivity contribution in [1.29, 1.82) is 0 Å². The summed E-state index contributed by atoms with van der Waals surface area (Å²) in [6.45, 7) is 9.61. The first-order chi connectivity index (χ1) is 13.8. The number of rotatable bonds is 8. The van der Waals surface area contributed by atoms with Crippen molar-refractivity contribution < 1.29 is 23.5 Å². The Morgan fingerprint density at radius 3 is 2.83 bits per heavy atom. The predicted molar refractivity (Wildman–Crippen MR) is 110 cm³/mol. The van der Waals surface area contributed by atoms with Crippen LogP contribution in [-0.2, 0) is 16.1 Å². The van der Waals surface area contributed by atoms with Crippen LogP contribution in [0.5, 0.6) is 0 Å². The Morgan fingerprint density at radius 2 is 2.14 bits per heavy atom. The van der Waals surface area contributed by atoms with Gasteiger partial charge in [0.15, 0.2) is 0 Å². The number of nitrogens with one attached hydrogen (secondary N) is 2. The molecule has 1 aromatic heterocycles. The van der Waals surface area contributed by atoms with E-state index in [4.69, 9.17) is 13.9 Å². The van der Waals surface area contributed by atoms with Crippen LogP contribution < -0.4 is 10.6 Å². The van der Waals surface area contributed by atoms with Gasteiger partial charge in [-0.15, -0.1) is 0 Å². The smallest absolute Gasteiger partial charge is 0.407 e. The normalized spacial score (nSPS) is 18.2. The molecule has 1 aliphatic heterocycles. The molecular formula is C21H35N3O5. The van der Waals surface area contributed by atoms with Crippen molar-refractivity contribution in [2.24, 2.45) is 0 Å². The molecule has 0 bridgehead atoms. The van der Waals surface area contributed by atoms with Gasteiger partial charge in [-0.3, -0.25) is 0 Å². The van der Waals surface area contributed by atoms with Crippen LogP contribution in [0.4, 0.5) is 9.59 Å². The summed E-state index contributed by atoms with van der Waals surface area (Å²) in [6, 6.07) is 3.36. The molecule has 0 unspecified atom stereocenters. The summed E-state index contributed by atoms with van der Waals surface area (Å²) in [7, 11) is 0. The molecule has 29 heavy (non-hydrogen) atoms. The summed E-state index contributed by atoms with van der Waals surface area (Å²) in [6.07, 6.45) is 4.75. The molecule has 0 aromatic carbocycles. The number of hydrogen-bond acceptors (Lipinski definition) is 5. The van der Waals surface area contributed by atoms with Crippen LogP contribution in [0.25, 0.3) is 0 Å². The number of alkyl carbamates (subject to hydrolysis) is 1. The second-order valence-corrected chi connectivity index (χ2v) is 8.41. The number of amides is 3. The third-order valence-electron chi connectivity index (χ3n) is 4.70. The van der Waals surface area contributed by atoms with Crippen LogP contribution in [0.3, 0.4) is 0 Å². The third-order valence-corrected chi connectivity index (χ3v) is 4.70. The van der Waals surface area contributed by atoms with Crippen LogP contribution in [-0.4, -0.2) is 54.4 Å². The minimum Gasteiger partial charge on any atom is -0.467 e. The molecule has 0 aliphatic carbocycles. The quantitative estimate of drug-likeness (QED) is 0.639. The molecule has 0 radical (unpaired) electrons. The molecule has 0 spiro atoms. The fourth-order valence-corrected chi connectivity index (χ4v) is 3.36. The van der Waals surface area contributed by atoms with Crippen LogP contribution >= 0.6 is 0 Å². The first-order valence-electron chi connectivity index (χ1n) is 10.4. The van der Waals surface area contributed by atoms with E-state index < -0.39 is 11.7 Å². The van der Waals surface area contributed by atoms with Gasteiger partial charge in [-0.25, -0.2) is 9.59 Å². The first-order valence-corrected chi connectivity index (χ1v) is 10.4. The van der Waals surface area contributed by atoms with E-state index in [1.54, 1.807) is 6.26 Å². The number of furan rings is 1. The molecule has 2 N–H and O–H groups in total. The van der Waals surface area contributed by atoms with Gasteiger partial charge < -0.3 is 29.4 Å². The SMILES string of the molecule is C[C@@H](NC(=O)OC(C)(C)C)[C@H]1CCCCN1C(=O)NCCCOCc1ccco1. The van der Waals surface area contributed by atoms with Gasteiger partial charge in [0.2, 0.25) is 0 Å². The monoisotopic (exact) mass is 409 g/mol. The summed E-state index contributed by atoms with van der Waals surface area (Å²) in [5, 5.41) is 5.84. The Hall–Kier alpha value is -2.22. The summed E-state index contributed by atoms with van der Waals surface area (Å²) in [4.78, 5) is 26.6. The Labute approximate surface area is 173 Å². The van der Waals surface area contributed by atoms with Gasteiger partial charge >= 0.3 is 12.1 Å². The summed E-state index contributed by atoms with van der Waals surface area (Å²) in [5.41, 5.74) is -0.549. The number of carbonyl (C=O) groups excluding carboxylic acids is 2. The number of hydrogen-bond donors (Lipinski definition) is 2. The maximum atomic E-state index is 12.7. The van der Waals surface area contributed by atoms with E-state index in [9.17, 15) is 9.59 Å². The molecule has 164 valence electrons. The number of piperidine rings is 1. The van der Waals surface area contributed by atoms with Crippen molar-refractivity contribution in [3.05, 3.63) is 24.2 Å². The van der Waals surface area contributed by atoms with Crippen molar-refractivity contribution >= 4 is 12.1 Å². The molecular weight excluding hydrogens is 374 g/mol. The van der Waals surface area contributed by atoms with E-state index in [1.165, 1.54) is 0 Å². The second kappa shape index (κ2) is 11.1. The second-order valence-electron chi connectivity index (χ2n) is 8.41. The first kappa shape index (κ1) is 23.1. The molecule has 8 heteroatoms. The van der Waals surface area contributed by atoms with Crippen LogP contribution in [0.1, 0.15) is 59.1 Å². The maximum absolute atomic E-state index is 12.7. The van der Waals surface area contributed by atoms with E-state index in [0.29, 0.717) is 26.3 Å². The van der Waals surface area contributed by atoms with Gasteiger partial charge in [0.05, 0.1) is 12.3 Å². The van der Waals surface area contributed by atoms with E-state index >= 15 is 0 Å². The molecule has 0 saturated carbocycles. The molecule has 1 aromatic rings. The average molecular weight is 410 g/mol. The van der Waals surface area contributed by atoms with Gasteiger partial charge in [0.25, 0.3) is 0 Å². The largest absolute Gasteiger partial charge is 0.467 e. The fraction of sp³-hybridized carbons (Fsp3) is 0.714. The van der Waals surface area contributed by atoms with Crippen molar-refractivity contribution in [2.45, 2.75) is 77.7 Å². The lowest BCUT2D eigenvalue weighted by molar-refractivity contribution is 0.0461. The van der Waals surface area contributed by atoms with Gasteiger partial charge in [-0.2, -0.15) is 0 Å². The number of urea groups is 1. The number of ether oxygens (including phenoxy) is 2. The Kier molecular flexibility index (Phi) is 8.82. The van der Waals surface area contributed by atoms with E-state index in [-0.39, 0.29) is 18.1 Å². The Balaban J connectivity index is 1.72. The van der Waals surface area contributed by atoms with Crippen molar-refractivity contribution in [3.8, 4) is 0 Å². The van der Waals surface area contributed by atoms with Crippen LogP contribution in [0.15, 0.2) is 22.8 Å². The van der Waals surface area contributed by atoms with Gasteiger partial charge in [-0.1, -0.05) is 0 Å². The summed E-state index contributed by atoms with van der Waals surface area (Å²) >= 11 is 0. The number of likely N-dealkylation sites (tertiary alicyclic amines) is 1. The summed E-state index contributed by atoms with van der Waals surface area (Å²) in [5.74, 6) is 0.789. The lowest BCUT2D eigenvalue weighted by Crippen LogP contribution is -2.57. The highest BCUT2D eigenvalue weighted by atomic mass is 16.6. The molecule has 1 fully saturated rings. The van der Waals surface area contributed by atoms with Crippen LogP contribution in [0.2, 0.25) is 0 Å². The lowest BCUT2D eigenvalue weighted by atomic mass is 9.97. The maximum Gasteiger partial charge on any atom is 0.407 e. The van der Waals surface area contributed by atoms with Gasteiger partial charge in [-0.05, 0) is 65.5 Å². The summed E-state index contributed by atoms with van der Waals surface area (Å²) < 4.78 is 16.1. The lowest BCUT2D eigenvalue weighted by Gasteiger charge is -2.39. The molecule has 1 saturated heterocycles. The number of nitrogens with zero attached hydrogens (tertiary/aromatic N) is 1. The minimum absolute atomic E-state index is 0.0496. The predicted octanol–water partition coefficient (Wildman–Crippen LogP) is 3.66. The minimum atomic E-state index is -0.549. The highest BCUT2D eigenvalue weighted by Gasteiger charge is 2.32. The van der Waals surface area contributed by atoms with Crippen LogP contribution in [0, 0.1) is 0 Å². The van der Waals surface area contributed by atoms with E-state index in [1.807, 2.05) is 44.7 Å². The highest BCUT2D eigenvalue weighted by Crippen LogP contribution is 2.20. The topological polar surface area (TPSA) is 93.0 Å². The van der Waals surface area contributed by atoms with Crippen molar-refractivity contribution in [3.63, 3.8) is 0 Å². The average Bonchev–Trinajstić information content (AvgIpc) is 3.16. The zero-order chi connectivity index (χ0) is 21.3. The molecule has 2 heterocycles.